The fourth-order valence-corrected chi connectivity index (χ4v) is 8.53. The van der Waals surface area contributed by atoms with Crippen LogP contribution < -0.4 is 4.90 Å². The van der Waals surface area contributed by atoms with Crippen molar-refractivity contribution in [2.45, 2.75) is 0 Å². The molecule has 0 saturated heterocycles. The van der Waals surface area contributed by atoms with E-state index in [0.29, 0.717) is 0 Å². The largest absolute Gasteiger partial charge is 0.455 e. The number of fused-ring (bicyclic) bond motifs is 10. The van der Waals surface area contributed by atoms with Gasteiger partial charge in [-0.3, -0.25) is 0 Å². The number of rotatable bonds is 4. The van der Waals surface area contributed by atoms with E-state index < -0.39 is 0 Å². The molecule has 10 aromatic rings. The van der Waals surface area contributed by atoms with Crippen LogP contribution in [-0.4, -0.2) is 0 Å². The third-order valence-electron chi connectivity index (χ3n) is 9.45. The van der Waals surface area contributed by atoms with Gasteiger partial charge in [-0.25, -0.2) is 0 Å². The van der Waals surface area contributed by atoms with Gasteiger partial charge in [-0.05, 0) is 75.8 Å². The van der Waals surface area contributed by atoms with Gasteiger partial charge in [-0.15, -0.1) is 11.3 Å². The SMILES string of the molecule is c1ccc(N(c2ccc(-c3cccc4ccccc34)cc2)c2cccc3c2sc2ccc4oc5c6ccccc6ccc5c4c23)cc1. The molecular formula is C44H27NOS. The van der Waals surface area contributed by atoms with Crippen LogP contribution in [0, 0.1) is 0 Å². The van der Waals surface area contributed by atoms with Gasteiger partial charge in [0.25, 0.3) is 0 Å². The first-order valence-electron chi connectivity index (χ1n) is 15.9. The first kappa shape index (κ1) is 26.3. The molecule has 0 unspecified atom stereocenters. The molecule has 0 amide bonds. The van der Waals surface area contributed by atoms with Gasteiger partial charge in [0.1, 0.15) is 11.2 Å². The minimum Gasteiger partial charge on any atom is -0.455 e. The van der Waals surface area contributed by atoms with Crippen molar-refractivity contribution in [3.8, 4) is 11.1 Å². The van der Waals surface area contributed by atoms with Gasteiger partial charge in [-0.2, -0.15) is 0 Å². The lowest BCUT2D eigenvalue weighted by atomic mass is 9.98. The molecule has 0 aliphatic rings. The van der Waals surface area contributed by atoms with Crippen molar-refractivity contribution >= 4 is 92.1 Å². The molecular weight excluding hydrogens is 591 g/mol. The van der Waals surface area contributed by atoms with Crippen LogP contribution in [0.15, 0.2) is 168 Å². The lowest BCUT2D eigenvalue weighted by molar-refractivity contribution is 0.673. The maximum absolute atomic E-state index is 6.58. The minimum atomic E-state index is 0.929. The van der Waals surface area contributed by atoms with E-state index in [2.05, 4.69) is 169 Å². The normalized spacial score (nSPS) is 11.8. The van der Waals surface area contributed by atoms with E-state index in [-0.39, 0.29) is 0 Å². The van der Waals surface area contributed by atoms with Crippen molar-refractivity contribution < 1.29 is 4.42 Å². The van der Waals surface area contributed by atoms with Crippen molar-refractivity contribution in [2.24, 2.45) is 0 Å². The molecule has 8 aromatic carbocycles. The Morgan fingerprint density at radius 3 is 1.98 bits per heavy atom. The molecule has 0 spiro atoms. The summed E-state index contributed by atoms with van der Waals surface area (Å²) in [4.78, 5) is 2.39. The van der Waals surface area contributed by atoms with Gasteiger partial charge in [0.15, 0.2) is 0 Å². The van der Waals surface area contributed by atoms with Gasteiger partial charge in [-0.1, -0.05) is 115 Å². The van der Waals surface area contributed by atoms with Crippen LogP contribution in [0.5, 0.6) is 0 Å². The summed E-state index contributed by atoms with van der Waals surface area (Å²) in [5.41, 5.74) is 7.75. The molecule has 0 saturated carbocycles. The van der Waals surface area contributed by atoms with Crippen molar-refractivity contribution in [1.29, 1.82) is 0 Å². The van der Waals surface area contributed by atoms with Crippen LogP contribution in [0.25, 0.3) is 74.8 Å². The highest BCUT2D eigenvalue weighted by Gasteiger charge is 2.21. The standard InChI is InChI=1S/C44H27NOS/c1-2-13-31(14-3-1)45(32-23-20-30(21-24-32)34-17-8-12-28-10-4-6-15-33(28)34)38-19-9-18-37-42-40(47-44(37)38)27-26-39-41(42)36-25-22-29-11-5-7-16-35(29)43(36)46-39/h1-27H. The Labute approximate surface area is 275 Å². The van der Waals surface area contributed by atoms with Crippen molar-refractivity contribution in [1.82, 2.24) is 0 Å². The maximum atomic E-state index is 6.58. The average Bonchev–Trinajstić information content (AvgIpc) is 3.71. The van der Waals surface area contributed by atoms with Crippen LogP contribution in [0.3, 0.4) is 0 Å². The second-order valence-electron chi connectivity index (χ2n) is 12.1. The third-order valence-corrected chi connectivity index (χ3v) is 10.6. The first-order chi connectivity index (χ1) is 23.3. The maximum Gasteiger partial charge on any atom is 0.143 e. The van der Waals surface area contributed by atoms with Crippen molar-refractivity contribution in [2.75, 3.05) is 4.90 Å². The molecule has 3 heteroatoms. The van der Waals surface area contributed by atoms with Crippen molar-refractivity contribution in [3.63, 3.8) is 0 Å². The molecule has 2 nitrogen and oxygen atoms in total. The number of anilines is 3. The highest BCUT2D eigenvalue weighted by molar-refractivity contribution is 7.26. The lowest BCUT2D eigenvalue weighted by Crippen LogP contribution is -2.09. The zero-order valence-corrected chi connectivity index (χ0v) is 26.2. The second-order valence-corrected chi connectivity index (χ2v) is 13.1. The van der Waals surface area contributed by atoms with Gasteiger partial charge < -0.3 is 9.32 Å². The molecule has 0 bridgehead atoms. The number of hydrogen-bond donors (Lipinski definition) is 0. The molecule has 2 aromatic heterocycles. The topological polar surface area (TPSA) is 16.4 Å². The first-order valence-corrected chi connectivity index (χ1v) is 16.7. The summed E-state index contributed by atoms with van der Waals surface area (Å²) in [5.74, 6) is 0. The van der Waals surface area contributed by atoms with E-state index in [0.717, 1.165) is 27.9 Å². The van der Waals surface area contributed by atoms with Crippen LogP contribution in [-0.2, 0) is 0 Å². The Hall–Kier alpha value is -5.90. The molecule has 0 atom stereocenters. The van der Waals surface area contributed by atoms with Gasteiger partial charge in [0.2, 0.25) is 0 Å². The Morgan fingerprint density at radius 1 is 0.447 bits per heavy atom. The van der Waals surface area contributed by atoms with E-state index in [1.54, 1.807) is 0 Å². The highest BCUT2D eigenvalue weighted by Crippen LogP contribution is 2.48. The highest BCUT2D eigenvalue weighted by atomic mass is 32.1. The van der Waals surface area contributed by atoms with E-state index in [1.165, 1.54) is 63.9 Å². The smallest absolute Gasteiger partial charge is 0.143 e. The molecule has 0 aliphatic carbocycles. The fourth-order valence-electron chi connectivity index (χ4n) is 7.32. The van der Waals surface area contributed by atoms with Crippen LogP contribution in [0.4, 0.5) is 17.1 Å². The zero-order valence-electron chi connectivity index (χ0n) is 25.4. The molecule has 47 heavy (non-hydrogen) atoms. The van der Waals surface area contributed by atoms with Crippen LogP contribution in [0.1, 0.15) is 0 Å². The summed E-state index contributed by atoms with van der Waals surface area (Å²) in [6, 6.07) is 58.8. The predicted octanol–water partition coefficient (Wildman–Crippen LogP) is 13.4. The monoisotopic (exact) mass is 617 g/mol. The molecule has 2 heterocycles. The molecule has 220 valence electrons. The van der Waals surface area contributed by atoms with E-state index in [1.807, 2.05) is 11.3 Å². The van der Waals surface area contributed by atoms with Gasteiger partial charge in [0.05, 0.1) is 10.4 Å². The van der Waals surface area contributed by atoms with E-state index in [4.69, 9.17) is 4.42 Å². The number of furan rings is 1. The summed E-state index contributed by atoms with van der Waals surface area (Å²) in [5, 5.41) is 9.73. The summed E-state index contributed by atoms with van der Waals surface area (Å²) < 4.78 is 9.09. The minimum absolute atomic E-state index is 0.929. The molecule has 0 fully saturated rings. The van der Waals surface area contributed by atoms with E-state index in [9.17, 15) is 0 Å². The van der Waals surface area contributed by atoms with Crippen LogP contribution in [0.2, 0.25) is 0 Å². The van der Waals surface area contributed by atoms with Crippen LogP contribution >= 0.6 is 11.3 Å². The average molecular weight is 618 g/mol. The number of benzene rings is 8. The van der Waals surface area contributed by atoms with E-state index >= 15 is 0 Å². The fraction of sp³-hybridized carbons (Fsp3) is 0. The van der Waals surface area contributed by atoms with Crippen molar-refractivity contribution in [3.05, 3.63) is 164 Å². The Bertz CT molecular complexity index is 2790. The number of nitrogens with zero attached hydrogens (tertiary/aromatic N) is 1. The molecule has 0 radical (unpaired) electrons. The Morgan fingerprint density at radius 2 is 1.13 bits per heavy atom. The Kier molecular flexibility index (Phi) is 5.78. The summed E-state index contributed by atoms with van der Waals surface area (Å²) in [7, 11) is 0. The predicted molar refractivity (Wildman–Crippen MR) is 202 cm³/mol. The molecule has 10 rings (SSSR count). The summed E-state index contributed by atoms with van der Waals surface area (Å²) in [6.07, 6.45) is 0. The second kappa shape index (κ2) is 10.3. The number of thiophene rings is 1. The Balaban J connectivity index is 1.19. The zero-order chi connectivity index (χ0) is 30.9. The lowest BCUT2D eigenvalue weighted by Gasteiger charge is -2.26. The third kappa shape index (κ3) is 4.04. The van der Waals surface area contributed by atoms with Gasteiger partial charge >= 0.3 is 0 Å². The van der Waals surface area contributed by atoms with Gasteiger partial charge in [0, 0.05) is 43.0 Å². The number of hydrogen-bond acceptors (Lipinski definition) is 3. The summed E-state index contributed by atoms with van der Waals surface area (Å²) in [6.45, 7) is 0. The quantitative estimate of drug-likeness (QED) is 0.195. The summed E-state index contributed by atoms with van der Waals surface area (Å²) >= 11 is 1.85. The molecule has 0 aliphatic heterocycles. The molecule has 0 N–H and O–H groups in total. The number of para-hydroxylation sites is 1.